The first kappa shape index (κ1) is 13.9. The molecule has 1 aliphatic rings. The second-order valence-corrected chi connectivity index (χ2v) is 5.81. The Hall–Kier alpha value is -1.53. The number of ether oxygens (including phenoxy) is 1. The Labute approximate surface area is 115 Å². The number of fused-ring (bicyclic) bond motifs is 1. The molecular formula is C16H22N2O. The van der Waals surface area contributed by atoms with Gasteiger partial charge in [-0.05, 0) is 39.3 Å². The van der Waals surface area contributed by atoms with Crippen molar-refractivity contribution in [1.29, 1.82) is 5.26 Å². The van der Waals surface area contributed by atoms with E-state index in [0.29, 0.717) is 6.04 Å². The fraction of sp³-hybridized carbons (Fsp3) is 0.562. The van der Waals surface area contributed by atoms with Crippen molar-refractivity contribution in [2.45, 2.75) is 39.2 Å². The van der Waals surface area contributed by atoms with Crippen LogP contribution in [0.1, 0.15) is 44.7 Å². The minimum atomic E-state index is -0.191. The van der Waals surface area contributed by atoms with Gasteiger partial charge >= 0.3 is 0 Å². The highest BCUT2D eigenvalue weighted by Crippen LogP contribution is 2.31. The Kier molecular flexibility index (Phi) is 4.44. The summed E-state index contributed by atoms with van der Waals surface area (Å²) in [6.07, 6.45) is 3.15. The molecule has 3 nitrogen and oxygen atoms in total. The summed E-state index contributed by atoms with van der Waals surface area (Å²) in [6, 6.07) is 10.9. The quantitative estimate of drug-likeness (QED) is 0.795. The molecule has 0 spiro atoms. The third-order valence-electron chi connectivity index (χ3n) is 3.62. The zero-order valence-corrected chi connectivity index (χ0v) is 11.8. The first-order valence-electron chi connectivity index (χ1n) is 6.99. The number of hydrogen-bond acceptors (Lipinski definition) is 3. The van der Waals surface area contributed by atoms with Crippen LogP contribution in [-0.4, -0.2) is 13.2 Å². The molecule has 0 saturated carbocycles. The Balaban J connectivity index is 1.70. The molecule has 2 rings (SSSR count). The molecule has 1 aromatic carbocycles. The molecule has 1 N–H and O–H groups in total. The monoisotopic (exact) mass is 258 g/mol. The minimum Gasteiger partial charge on any atom is -0.491 e. The van der Waals surface area contributed by atoms with Crippen LogP contribution in [0.25, 0.3) is 0 Å². The lowest BCUT2D eigenvalue weighted by atomic mass is 9.89. The van der Waals surface area contributed by atoms with Crippen molar-refractivity contribution in [1.82, 2.24) is 5.32 Å². The zero-order valence-electron chi connectivity index (χ0n) is 11.8. The lowest BCUT2D eigenvalue weighted by molar-refractivity contribution is 0.309. The van der Waals surface area contributed by atoms with Crippen LogP contribution in [0.15, 0.2) is 24.3 Å². The lowest BCUT2D eigenvalue weighted by Gasteiger charge is -2.15. The fourth-order valence-electron chi connectivity index (χ4n) is 2.36. The Morgan fingerprint density at radius 2 is 2.16 bits per heavy atom. The number of hydrogen-bond donors (Lipinski definition) is 1. The van der Waals surface area contributed by atoms with Crippen LogP contribution in [0.3, 0.4) is 0 Å². The molecule has 3 heteroatoms. The molecule has 0 aromatic heterocycles. The number of nitriles is 1. The molecular weight excluding hydrogens is 236 g/mol. The Bertz CT molecular complexity index is 462. The van der Waals surface area contributed by atoms with Gasteiger partial charge in [-0.2, -0.15) is 5.26 Å². The molecule has 102 valence electrons. The van der Waals surface area contributed by atoms with Crippen LogP contribution in [0.5, 0.6) is 5.75 Å². The van der Waals surface area contributed by atoms with Gasteiger partial charge in [0.15, 0.2) is 0 Å². The number of nitrogens with zero attached hydrogens (tertiary/aromatic N) is 1. The summed E-state index contributed by atoms with van der Waals surface area (Å²) in [4.78, 5) is 0. The number of unbranched alkanes of at least 4 members (excludes halogenated alkanes) is 1. The second-order valence-electron chi connectivity index (χ2n) is 5.81. The average Bonchev–Trinajstić information content (AvgIpc) is 2.82. The average molecular weight is 258 g/mol. The molecule has 1 atom stereocenters. The highest BCUT2D eigenvalue weighted by atomic mass is 16.5. The Morgan fingerprint density at radius 1 is 1.37 bits per heavy atom. The topological polar surface area (TPSA) is 45.0 Å². The molecule has 1 unspecified atom stereocenters. The molecule has 1 aromatic rings. The fourth-order valence-corrected chi connectivity index (χ4v) is 2.36. The predicted octanol–water partition coefficient (Wildman–Crippen LogP) is 3.43. The molecule has 19 heavy (non-hydrogen) atoms. The van der Waals surface area contributed by atoms with E-state index in [4.69, 9.17) is 10.00 Å². The van der Waals surface area contributed by atoms with Crippen LogP contribution in [0, 0.1) is 16.7 Å². The van der Waals surface area contributed by atoms with Crippen LogP contribution in [-0.2, 0) is 0 Å². The van der Waals surface area contributed by atoms with Crippen molar-refractivity contribution in [2.75, 3.05) is 13.2 Å². The van der Waals surface area contributed by atoms with Crippen molar-refractivity contribution in [2.24, 2.45) is 5.41 Å². The van der Waals surface area contributed by atoms with E-state index in [1.165, 1.54) is 5.56 Å². The summed E-state index contributed by atoms with van der Waals surface area (Å²) in [7, 11) is 0. The van der Waals surface area contributed by atoms with E-state index < -0.39 is 0 Å². The number of nitrogens with one attached hydrogen (secondary N) is 1. The van der Waals surface area contributed by atoms with Crippen molar-refractivity contribution < 1.29 is 4.74 Å². The first-order chi connectivity index (χ1) is 9.12. The normalized spacial score (nSPS) is 17.6. The lowest BCUT2D eigenvalue weighted by Crippen LogP contribution is -2.23. The summed E-state index contributed by atoms with van der Waals surface area (Å²) in [5.41, 5.74) is 1.07. The third-order valence-corrected chi connectivity index (χ3v) is 3.62. The van der Waals surface area contributed by atoms with Gasteiger partial charge in [0, 0.05) is 5.56 Å². The van der Waals surface area contributed by atoms with E-state index in [1.54, 1.807) is 0 Å². The first-order valence-corrected chi connectivity index (χ1v) is 6.99. The van der Waals surface area contributed by atoms with Gasteiger partial charge in [0.2, 0.25) is 0 Å². The van der Waals surface area contributed by atoms with Crippen molar-refractivity contribution in [3.63, 3.8) is 0 Å². The molecule has 0 radical (unpaired) electrons. The summed E-state index contributed by atoms with van der Waals surface area (Å²) in [5.74, 6) is 1.01. The summed E-state index contributed by atoms with van der Waals surface area (Å²) < 4.78 is 5.63. The number of benzene rings is 1. The van der Waals surface area contributed by atoms with Gasteiger partial charge in [-0.25, -0.2) is 0 Å². The molecule has 0 fully saturated rings. The third kappa shape index (κ3) is 3.71. The summed E-state index contributed by atoms with van der Waals surface area (Å²) in [6.45, 7) is 5.70. The van der Waals surface area contributed by atoms with Crippen LogP contribution >= 0.6 is 0 Å². The van der Waals surface area contributed by atoms with Gasteiger partial charge in [0.1, 0.15) is 12.4 Å². The van der Waals surface area contributed by atoms with Crippen molar-refractivity contribution >= 4 is 0 Å². The van der Waals surface area contributed by atoms with Gasteiger partial charge in [-0.15, -0.1) is 0 Å². The molecule has 0 amide bonds. The van der Waals surface area contributed by atoms with E-state index in [0.717, 1.165) is 38.2 Å². The summed E-state index contributed by atoms with van der Waals surface area (Å²) >= 11 is 0. The minimum absolute atomic E-state index is 0.191. The van der Waals surface area contributed by atoms with E-state index >= 15 is 0 Å². The van der Waals surface area contributed by atoms with Gasteiger partial charge in [-0.3, -0.25) is 0 Å². The maximum Gasteiger partial charge on any atom is 0.124 e. The zero-order chi connectivity index (χ0) is 13.7. The Morgan fingerprint density at radius 3 is 2.95 bits per heavy atom. The molecule has 1 heterocycles. The summed E-state index contributed by atoms with van der Waals surface area (Å²) in [5, 5.41) is 12.5. The highest BCUT2D eigenvalue weighted by molar-refractivity contribution is 5.39. The molecule has 1 aliphatic heterocycles. The van der Waals surface area contributed by atoms with E-state index in [1.807, 2.05) is 26.0 Å². The van der Waals surface area contributed by atoms with Gasteiger partial charge < -0.3 is 10.1 Å². The SMILES string of the molecule is CC(C)(C#N)CCCCNC1COc2ccccc21. The maximum absolute atomic E-state index is 8.95. The number of rotatable bonds is 6. The van der Waals surface area contributed by atoms with Crippen LogP contribution < -0.4 is 10.1 Å². The van der Waals surface area contributed by atoms with Gasteiger partial charge in [0.05, 0.1) is 17.5 Å². The molecule has 0 aliphatic carbocycles. The maximum atomic E-state index is 8.95. The van der Waals surface area contributed by atoms with Crippen molar-refractivity contribution in [3.8, 4) is 11.8 Å². The molecule has 0 bridgehead atoms. The van der Waals surface area contributed by atoms with Crippen molar-refractivity contribution in [3.05, 3.63) is 29.8 Å². The number of para-hydroxylation sites is 1. The standard InChI is InChI=1S/C16H22N2O/c1-16(2,12-17)9-5-6-10-18-14-11-19-15-8-4-3-7-13(14)15/h3-4,7-8,14,18H,5-6,9-11H2,1-2H3. The van der Waals surface area contributed by atoms with Gasteiger partial charge in [0.25, 0.3) is 0 Å². The van der Waals surface area contributed by atoms with Gasteiger partial charge in [-0.1, -0.05) is 24.6 Å². The molecule has 0 saturated heterocycles. The van der Waals surface area contributed by atoms with E-state index in [9.17, 15) is 0 Å². The van der Waals surface area contributed by atoms with E-state index in [2.05, 4.69) is 23.5 Å². The van der Waals surface area contributed by atoms with Crippen LogP contribution in [0.2, 0.25) is 0 Å². The second kappa shape index (κ2) is 6.08. The highest BCUT2D eigenvalue weighted by Gasteiger charge is 2.22. The van der Waals surface area contributed by atoms with Crippen LogP contribution in [0.4, 0.5) is 0 Å². The largest absolute Gasteiger partial charge is 0.491 e. The smallest absolute Gasteiger partial charge is 0.124 e. The predicted molar refractivity (Wildman–Crippen MR) is 75.9 cm³/mol. The van der Waals surface area contributed by atoms with E-state index in [-0.39, 0.29) is 5.41 Å².